The molecule has 0 aliphatic rings. The molecule has 0 spiro atoms. The molecule has 14 heteroatoms. The molecule has 0 atom stereocenters. The van der Waals surface area contributed by atoms with Crippen LogP contribution in [0.2, 0.25) is 10.0 Å². The van der Waals surface area contributed by atoms with E-state index in [1.165, 1.54) is 0 Å². The summed E-state index contributed by atoms with van der Waals surface area (Å²) in [5.74, 6) is 0. The van der Waals surface area contributed by atoms with Crippen molar-refractivity contribution in [3.8, 4) is 5.69 Å². The SMILES string of the molecule is CCN(S)CC.F.F.F.FC(F)c1ccn(-c2c(Cl)cc(C(F)(F)F)cc2Cl)n1. The molecule has 1 aromatic heterocycles. The molecule has 170 valence electrons. The largest absolute Gasteiger partial charge is 0.416 e. The Morgan fingerprint density at radius 1 is 1.07 bits per heavy atom. The number of benzene rings is 1. The summed E-state index contributed by atoms with van der Waals surface area (Å²) in [5, 5.41) is 2.83. The van der Waals surface area contributed by atoms with Gasteiger partial charge in [-0.15, -0.1) is 0 Å². The van der Waals surface area contributed by atoms with E-state index in [-0.39, 0.29) is 29.8 Å². The monoisotopic (exact) mass is 495 g/mol. The van der Waals surface area contributed by atoms with Crippen LogP contribution in [0.15, 0.2) is 24.4 Å². The molecule has 0 saturated heterocycles. The average Bonchev–Trinajstić information content (AvgIpc) is 3.03. The van der Waals surface area contributed by atoms with Gasteiger partial charge in [0, 0.05) is 19.3 Å². The fourth-order valence-electron chi connectivity index (χ4n) is 1.75. The van der Waals surface area contributed by atoms with Crippen molar-refractivity contribution in [2.45, 2.75) is 26.4 Å². The number of hydrogen-bond acceptors (Lipinski definition) is 3. The van der Waals surface area contributed by atoms with Gasteiger partial charge in [0.05, 0.1) is 15.6 Å². The first-order valence-corrected chi connectivity index (χ1v) is 8.50. The van der Waals surface area contributed by atoms with E-state index in [9.17, 15) is 22.0 Å². The number of alkyl halides is 5. The highest BCUT2D eigenvalue weighted by molar-refractivity contribution is 7.77. The van der Waals surface area contributed by atoms with Crippen LogP contribution in [0.5, 0.6) is 0 Å². The van der Waals surface area contributed by atoms with Crippen LogP contribution in [0.3, 0.4) is 0 Å². The van der Waals surface area contributed by atoms with E-state index in [1.54, 1.807) is 0 Å². The van der Waals surface area contributed by atoms with Crippen molar-refractivity contribution in [2.24, 2.45) is 0 Å². The van der Waals surface area contributed by atoms with Crippen molar-refractivity contribution in [3.05, 3.63) is 45.7 Å². The van der Waals surface area contributed by atoms with Crippen molar-refractivity contribution in [1.29, 1.82) is 0 Å². The van der Waals surface area contributed by atoms with Crippen LogP contribution >= 0.6 is 36.0 Å². The van der Waals surface area contributed by atoms with Gasteiger partial charge in [-0.05, 0) is 18.2 Å². The standard InChI is InChI=1S/C11H5Cl2F5N2.C4H11NS.3FH/c12-6-3-5(11(16,17)18)4-7(13)9(6)20-2-1-8(19-20)10(14)15;1-3-5(6)4-2;;;/h1-4,10H;6H,3-4H2,1-2H3;3*1H. The van der Waals surface area contributed by atoms with Gasteiger partial charge in [0.2, 0.25) is 0 Å². The summed E-state index contributed by atoms with van der Waals surface area (Å²) in [6.07, 6.45) is -6.27. The predicted octanol–water partition coefficient (Wildman–Crippen LogP) is 6.77. The predicted molar refractivity (Wildman–Crippen MR) is 103 cm³/mol. The Labute approximate surface area is 177 Å². The Balaban J connectivity index is -0.000000663. The molecule has 2 aromatic rings. The molecule has 0 radical (unpaired) electrons. The van der Waals surface area contributed by atoms with E-state index in [4.69, 9.17) is 23.2 Å². The Hall–Kier alpha value is -1.24. The van der Waals surface area contributed by atoms with Gasteiger partial charge < -0.3 is 0 Å². The van der Waals surface area contributed by atoms with E-state index in [0.717, 1.165) is 30.0 Å². The molecule has 2 rings (SSSR count). The third kappa shape index (κ3) is 9.41. The van der Waals surface area contributed by atoms with Crippen molar-refractivity contribution in [1.82, 2.24) is 14.1 Å². The number of nitrogens with zero attached hydrogens (tertiary/aromatic N) is 3. The van der Waals surface area contributed by atoms with Crippen molar-refractivity contribution >= 4 is 36.0 Å². The maximum Gasteiger partial charge on any atom is 0.416 e. The topological polar surface area (TPSA) is 21.1 Å². The first-order valence-electron chi connectivity index (χ1n) is 7.35. The minimum absolute atomic E-state index is 0. The van der Waals surface area contributed by atoms with Crippen molar-refractivity contribution < 1.29 is 36.1 Å². The molecular formula is C15H19Cl2F8N3S. The van der Waals surface area contributed by atoms with Crippen LogP contribution < -0.4 is 0 Å². The van der Waals surface area contributed by atoms with Crippen LogP contribution in [0.4, 0.5) is 36.1 Å². The lowest BCUT2D eigenvalue weighted by atomic mass is 10.2. The smallest absolute Gasteiger partial charge is 0.269 e. The molecule has 0 bridgehead atoms. The fraction of sp³-hybridized carbons (Fsp3) is 0.400. The molecule has 1 aromatic carbocycles. The molecule has 0 fully saturated rings. The zero-order valence-electron chi connectivity index (χ0n) is 15.0. The maximum atomic E-state index is 12.6. The lowest BCUT2D eigenvalue weighted by Crippen LogP contribution is -2.08. The second kappa shape index (κ2) is 13.9. The number of halogens is 10. The third-order valence-electron chi connectivity index (χ3n) is 3.14. The van der Waals surface area contributed by atoms with Crippen LogP contribution in [-0.4, -0.2) is 27.2 Å². The van der Waals surface area contributed by atoms with E-state index in [1.807, 2.05) is 4.31 Å². The summed E-state index contributed by atoms with van der Waals surface area (Å²) in [7, 11) is 0. The molecule has 1 heterocycles. The van der Waals surface area contributed by atoms with Crippen LogP contribution in [0, 0.1) is 0 Å². The first-order chi connectivity index (χ1) is 12.0. The summed E-state index contributed by atoms with van der Waals surface area (Å²) in [6, 6.07) is 2.34. The molecular weight excluding hydrogens is 477 g/mol. The van der Waals surface area contributed by atoms with E-state index >= 15 is 0 Å². The lowest BCUT2D eigenvalue weighted by molar-refractivity contribution is -0.137. The second-order valence-electron chi connectivity index (χ2n) is 4.91. The highest BCUT2D eigenvalue weighted by Crippen LogP contribution is 2.37. The molecule has 0 N–H and O–H groups in total. The summed E-state index contributed by atoms with van der Waals surface area (Å²) in [6.45, 7) is 6.21. The molecule has 0 amide bonds. The minimum Gasteiger partial charge on any atom is -0.269 e. The third-order valence-corrected chi connectivity index (χ3v) is 4.28. The van der Waals surface area contributed by atoms with Gasteiger partial charge in [-0.3, -0.25) is 18.4 Å². The van der Waals surface area contributed by atoms with Gasteiger partial charge in [-0.25, -0.2) is 13.5 Å². The normalized spacial score (nSPS) is 10.5. The van der Waals surface area contributed by atoms with Crippen LogP contribution in [0.1, 0.15) is 31.5 Å². The Bertz CT molecular complexity index is 701. The highest BCUT2D eigenvalue weighted by Gasteiger charge is 2.32. The van der Waals surface area contributed by atoms with E-state index < -0.39 is 23.9 Å². The molecule has 29 heavy (non-hydrogen) atoms. The number of hydrogen-bond donors (Lipinski definition) is 1. The van der Waals surface area contributed by atoms with Gasteiger partial charge in [0.15, 0.2) is 0 Å². The summed E-state index contributed by atoms with van der Waals surface area (Å²) < 4.78 is 65.4. The maximum absolute atomic E-state index is 12.6. The summed E-state index contributed by atoms with van der Waals surface area (Å²) >= 11 is 15.5. The molecule has 0 unspecified atom stereocenters. The van der Waals surface area contributed by atoms with Crippen molar-refractivity contribution in [2.75, 3.05) is 13.1 Å². The highest BCUT2D eigenvalue weighted by atomic mass is 35.5. The Morgan fingerprint density at radius 2 is 1.52 bits per heavy atom. The number of rotatable bonds is 4. The van der Waals surface area contributed by atoms with E-state index in [0.29, 0.717) is 12.1 Å². The van der Waals surface area contributed by atoms with Crippen LogP contribution in [-0.2, 0) is 6.18 Å². The average molecular weight is 496 g/mol. The zero-order chi connectivity index (χ0) is 20.1. The number of thiol groups is 1. The first kappa shape index (κ1) is 32.4. The minimum atomic E-state index is -4.61. The van der Waals surface area contributed by atoms with Gasteiger partial charge >= 0.3 is 6.18 Å². The summed E-state index contributed by atoms with van der Waals surface area (Å²) in [5.41, 5.74) is -1.65. The van der Waals surface area contributed by atoms with Gasteiger partial charge in [-0.1, -0.05) is 49.9 Å². The fourth-order valence-corrected chi connectivity index (χ4v) is 2.41. The lowest BCUT2D eigenvalue weighted by Gasteiger charge is -2.12. The van der Waals surface area contributed by atoms with Gasteiger partial charge in [0.1, 0.15) is 11.4 Å². The zero-order valence-corrected chi connectivity index (χ0v) is 17.4. The summed E-state index contributed by atoms with van der Waals surface area (Å²) in [4.78, 5) is 0. The molecule has 0 saturated carbocycles. The van der Waals surface area contributed by atoms with Gasteiger partial charge in [-0.2, -0.15) is 18.3 Å². The molecule has 0 aliphatic heterocycles. The second-order valence-corrected chi connectivity index (χ2v) is 6.29. The quantitative estimate of drug-likeness (QED) is 0.373. The number of aromatic nitrogens is 2. The van der Waals surface area contributed by atoms with Gasteiger partial charge in [0.25, 0.3) is 6.43 Å². The van der Waals surface area contributed by atoms with E-state index in [2.05, 4.69) is 31.8 Å². The van der Waals surface area contributed by atoms with Crippen molar-refractivity contribution in [3.63, 3.8) is 0 Å². The Morgan fingerprint density at radius 3 is 1.79 bits per heavy atom. The van der Waals surface area contributed by atoms with Crippen LogP contribution in [0.25, 0.3) is 5.69 Å². The molecule has 0 aliphatic carbocycles. The Kier molecular flexibility index (Phi) is 15.5. The molecule has 3 nitrogen and oxygen atoms in total.